The van der Waals surface area contributed by atoms with Crippen LogP contribution in [-0.2, 0) is 4.52 Å². The first kappa shape index (κ1) is 21.3. The molecule has 0 aliphatic rings. The predicted octanol–water partition coefficient (Wildman–Crippen LogP) is 5.51. The molecule has 0 saturated carbocycles. The minimum Gasteiger partial charge on any atom is -0.331 e. The van der Waals surface area contributed by atoms with E-state index in [-0.39, 0.29) is 5.41 Å². The van der Waals surface area contributed by atoms with E-state index in [9.17, 15) is 0 Å². The van der Waals surface area contributed by atoms with Gasteiger partial charge in [0.2, 0.25) is 0 Å². The molecule has 0 unspecified atom stereocenters. The summed E-state index contributed by atoms with van der Waals surface area (Å²) in [5.41, 5.74) is 0.194. The molecule has 0 amide bonds. The first-order valence-corrected chi connectivity index (χ1v) is 9.54. The predicted molar refractivity (Wildman–Crippen MR) is 96.5 cm³/mol. The van der Waals surface area contributed by atoms with Gasteiger partial charge < -0.3 is 4.52 Å². The Kier molecular flexibility index (Phi) is 8.95. The summed E-state index contributed by atoms with van der Waals surface area (Å²) in [6, 6.07) is 1.93. The maximum Gasteiger partial charge on any atom is 0.188 e. The minimum absolute atomic E-state index is 0.194. The van der Waals surface area contributed by atoms with Gasteiger partial charge in [-0.1, -0.05) is 20.8 Å². The standard InChI is InChI=1S/C17H39N2OP/c1-13(2)18(14(3)4)21(20-12-17(9,10)11)19(15(5)6)16(7)8/h13-16H,12H2,1-11H3. The minimum atomic E-state index is -0.743. The zero-order valence-electron chi connectivity index (χ0n) is 16.3. The van der Waals surface area contributed by atoms with Crippen LogP contribution in [0.1, 0.15) is 76.2 Å². The molecule has 128 valence electrons. The van der Waals surface area contributed by atoms with E-state index in [4.69, 9.17) is 4.52 Å². The van der Waals surface area contributed by atoms with Crippen LogP contribution in [-0.4, -0.2) is 40.1 Å². The number of hydrogen-bond acceptors (Lipinski definition) is 3. The van der Waals surface area contributed by atoms with Crippen LogP contribution in [0.4, 0.5) is 0 Å². The Morgan fingerprint density at radius 2 is 1.00 bits per heavy atom. The third-order valence-corrected chi connectivity index (χ3v) is 6.12. The van der Waals surface area contributed by atoms with Crippen LogP contribution in [0.25, 0.3) is 0 Å². The molecule has 0 radical (unpaired) electrons. The fourth-order valence-corrected chi connectivity index (χ4v) is 5.08. The van der Waals surface area contributed by atoms with E-state index in [1.54, 1.807) is 0 Å². The summed E-state index contributed by atoms with van der Waals surface area (Å²) in [6.07, 6.45) is 0. The number of rotatable bonds is 8. The van der Waals surface area contributed by atoms with Gasteiger partial charge >= 0.3 is 0 Å². The molecule has 3 nitrogen and oxygen atoms in total. The van der Waals surface area contributed by atoms with Crippen molar-refractivity contribution in [1.29, 1.82) is 0 Å². The molecule has 0 N–H and O–H groups in total. The highest BCUT2D eigenvalue weighted by atomic mass is 31.2. The lowest BCUT2D eigenvalue weighted by molar-refractivity contribution is 0.146. The Balaban J connectivity index is 5.41. The lowest BCUT2D eigenvalue weighted by atomic mass is 9.99. The summed E-state index contributed by atoms with van der Waals surface area (Å²) in [5, 5.41) is 0. The van der Waals surface area contributed by atoms with Crippen molar-refractivity contribution in [3.63, 3.8) is 0 Å². The van der Waals surface area contributed by atoms with Gasteiger partial charge in [0.15, 0.2) is 8.45 Å². The average Bonchev–Trinajstić information content (AvgIpc) is 2.22. The van der Waals surface area contributed by atoms with E-state index in [2.05, 4.69) is 85.5 Å². The van der Waals surface area contributed by atoms with Crippen molar-refractivity contribution in [2.45, 2.75) is 100 Å². The molecule has 4 heteroatoms. The van der Waals surface area contributed by atoms with Crippen molar-refractivity contribution in [2.24, 2.45) is 5.41 Å². The Hall–Kier alpha value is 0.310. The molecule has 21 heavy (non-hydrogen) atoms. The van der Waals surface area contributed by atoms with Gasteiger partial charge in [-0.15, -0.1) is 0 Å². The summed E-state index contributed by atoms with van der Waals surface area (Å²) < 4.78 is 11.6. The van der Waals surface area contributed by atoms with E-state index < -0.39 is 8.45 Å². The molecule has 0 aliphatic carbocycles. The second-order valence-electron chi connectivity index (χ2n) is 8.22. The zero-order chi connectivity index (χ0) is 17.0. The molecule has 0 aromatic rings. The van der Waals surface area contributed by atoms with Crippen LogP contribution in [0.15, 0.2) is 0 Å². The summed E-state index contributed by atoms with van der Waals surface area (Å²) in [6.45, 7) is 25.7. The molecular weight excluding hydrogens is 279 g/mol. The zero-order valence-corrected chi connectivity index (χ0v) is 17.2. The lowest BCUT2D eigenvalue weighted by Gasteiger charge is -2.46. The molecule has 0 saturated heterocycles. The molecular formula is C17H39N2OP. The Labute approximate surface area is 135 Å². The Bertz CT molecular complexity index is 249. The van der Waals surface area contributed by atoms with Gasteiger partial charge in [-0.3, -0.25) is 0 Å². The van der Waals surface area contributed by atoms with Gasteiger partial charge in [0, 0.05) is 24.2 Å². The van der Waals surface area contributed by atoms with Crippen molar-refractivity contribution in [2.75, 3.05) is 6.61 Å². The topological polar surface area (TPSA) is 15.7 Å². The summed E-state index contributed by atoms with van der Waals surface area (Å²) >= 11 is 0. The molecule has 0 spiro atoms. The molecule has 0 heterocycles. The molecule has 0 aliphatic heterocycles. The van der Waals surface area contributed by atoms with Crippen molar-refractivity contribution in [3.8, 4) is 0 Å². The largest absolute Gasteiger partial charge is 0.331 e. The molecule has 0 rings (SSSR count). The Morgan fingerprint density at radius 3 is 1.19 bits per heavy atom. The van der Waals surface area contributed by atoms with Gasteiger partial charge in [-0.25, -0.2) is 9.34 Å². The van der Waals surface area contributed by atoms with Crippen molar-refractivity contribution in [1.82, 2.24) is 9.34 Å². The highest BCUT2D eigenvalue weighted by molar-refractivity contribution is 7.47. The second-order valence-corrected chi connectivity index (χ2v) is 9.91. The van der Waals surface area contributed by atoms with Gasteiger partial charge in [0.05, 0.1) is 6.61 Å². The fraction of sp³-hybridized carbons (Fsp3) is 1.00. The maximum atomic E-state index is 6.49. The highest BCUT2D eigenvalue weighted by Crippen LogP contribution is 2.51. The first-order chi connectivity index (χ1) is 9.38. The first-order valence-electron chi connectivity index (χ1n) is 8.38. The molecule has 0 atom stereocenters. The Morgan fingerprint density at radius 1 is 0.714 bits per heavy atom. The van der Waals surface area contributed by atoms with Crippen molar-refractivity contribution in [3.05, 3.63) is 0 Å². The van der Waals surface area contributed by atoms with E-state index in [1.807, 2.05) is 0 Å². The van der Waals surface area contributed by atoms with Crippen LogP contribution >= 0.6 is 8.45 Å². The van der Waals surface area contributed by atoms with Gasteiger partial charge in [0.1, 0.15) is 0 Å². The van der Waals surface area contributed by atoms with Crippen LogP contribution in [0.5, 0.6) is 0 Å². The van der Waals surface area contributed by atoms with Crippen molar-refractivity contribution >= 4 is 8.45 Å². The highest BCUT2D eigenvalue weighted by Gasteiger charge is 2.35. The van der Waals surface area contributed by atoms with Gasteiger partial charge in [-0.2, -0.15) is 0 Å². The lowest BCUT2D eigenvalue weighted by Crippen LogP contribution is -2.43. The molecule has 0 bridgehead atoms. The quantitative estimate of drug-likeness (QED) is 0.548. The van der Waals surface area contributed by atoms with E-state index >= 15 is 0 Å². The third-order valence-electron chi connectivity index (χ3n) is 3.12. The van der Waals surface area contributed by atoms with Crippen LogP contribution in [0, 0.1) is 5.41 Å². The molecule has 0 fully saturated rings. The monoisotopic (exact) mass is 318 g/mol. The van der Waals surface area contributed by atoms with E-state index in [0.29, 0.717) is 24.2 Å². The number of hydrogen-bond donors (Lipinski definition) is 0. The van der Waals surface area contributed by atoms with E-state index in [0.717, 1.165) is 6.61 Å². The summed E-state index contributed by atoms with van der Waals surface area (Å²) in [7, 11) is -0.743. The SMILES string of the molecule is CC(C)N(C(C)C)P(OCC(C)(C)C)N(C(C)C)C(C)C. The van der Waals surface area contributed by atoms with Gasteiger partial charge in [0.25, 0.3) is 0 Å². The summed E-state index contributed by atoms with van der Waals surface area (Å²) in [5.74, 6) is 0. The fourth-order valence-electron chi connectivity index (χ4n) is 2.49. The van der Waals surface area contributed by atoms with Gasteiger partial charge in [-0.05, 0) is 60.8 Å². The third kappa shape index (κ3) is 7.41. The molecule has 0 aromatic carbocycles. The smallest absolute Gasteiger partial charge is 0.188 e. The summed E-state index contributed by atoms with van der Waals surface area (Å²) in [4.78, 5) is 0. The second kappa shape index (κ2) is 8.82. The van der Waals surface area contributed by atoms with Crippen LogP contribution in [0.3, 0.4) is 0 Å². The molecule has 0 aromatic heterocycles. The van der Waals surface area contributed by atoms with Crippen LogP contribution < -0.4 is 0 Å². The van der Waals surface area contributed by atoms with E-state index in [1.165, 1.54) is 0 Å². The van der Waals surface area contributed by atoms with Crippen molar-refractivity contribution < 1.29 is 4.52 Å². The normalized spacial score (nSPS) is 14.0. The maximum absolute atomic E-state index is 6.49. The van der Waals surface area contributed by atoms with Crippen LogP contribution in [0.2, 0.25) is 0 Å². The average molecular weight is 318 g/mol. The number of nitrogens with zero attached hydrogens (tertiary/aromatic N) is 2.